The zero-order valence-corrected chi connectivity index (χ0v) is 9.30. The largest absolute Gasteiger partial charge is 0.461 e. The summed E-state index contributed by atoms with van der Waals surface area (Å²) in [5.41, 5.74) is 0. The van der Waals surface area contributed by atoms with E-state index in [2.05, 4.69) is 9.73 Å². The van der Waals surface area contributed by atoms with Crippen LogP contribution in [-0.2, 0) is 19.1 Å². The molecule has 0 aliphatic rings. The lowest BCUT2D eigenvalue weighted by molar-refractivity contribution is -0.155. The number of ether oxygens (including phenoxy) is 2. The molecule has 2 atom stereocenters. The SMILES string of the molecule is CCC(C)C(OC#N)C(=O)OCCN=C=O. The van der Waals surface area contributed by atoms with Gasteiger partial charge in [0.25, 0.3) is 6.26 Å². The van der Waals surface area contributed by atoms with Crippen LogP contribution in [-0.4, -0.2) is 31.3 Å². The number of hydrogen-bond donors (Lipinski definition) is 0. The van der Waals surface area contributed by atoms with Gasteiger partial charge in [0.2, 0.25) is 12.2 Å². The molecule has 0 aliphatic carbocycles. The van der Waals surface area contributed by atoms with E-state index in [0.717, 1.165) is 0 Å². The van der Waals surface area contributed by atoms with E-state index in [1.807, 2.05) is 6.92 Å². The van der Waals surface area contributed by atoms with Crippen molar-refractivity contribution in [2.45, 2.75) is 26.4 Å². The Labute approximate surface area is 93.9 Å². The van der Waals surface area contributed by atoms with Crippen LogP contribution in [0.4, 0.5) is 0 Å². The van der Waals surface area contributed by atoms with Gasteiger partial charge < -0.3 is 9.47 Å². The zero-order valence-electron chi connectivity index (χ0n) is 9.30. The summed E-state index contributed by atoms with van der Waals surface area (Å²) in [6, 6.07) is 0. The first kappa shape index (κ1) is 14.1. The zero-order chi connectivity index (χ0) is 12.4. The van der Waals surface area contributed by atoms with Gasteiger partial charge in [0.15, 0.2) is 0 Å². The number of nitriles is 1. The number of aliphatic imine (C=N–C) groups is 1. The monoisotopic (exact) mass is 226 g/mol. The second-order valence-electron chi connectivity index (χ2n) is 3.16. The third-order valence-electron chi connectivity index (χ3n) is 2.08. The van der Waals surface area contributed by atoms with E-state index in [0.29, 0.717) is 6.42 Å². The average molecular weight is 226 g/mol. The van der Waals surface area contributed by atoms with Crippen molar-refractivity contribution in [2.75, 3.05) is 13.2 Å². The Balaban J connectivity index is 4.17. The summed E-state index contributed by atoms with van der Waals surface area (Å²) in [5.74, 6) is -0.723. The molecule has 0 rings (SSSR count). The first-order chi connectivity index (χ1) is 7.67. The molecular formula is C10H14N2O4. The van der Waals surface area contributed by atoms with E-state index < -0.39 is 12.1 Å². The maximum Gasteiger partial charge on any atom is 0.348 e. The molecule has 6 nitrogen and oxygen atoms in total. The molecule has 0 aromatic carbocycles. The van der Waals surface area contributed by atoms with Crippen LogP contribution in [0.15, 0.2) is 4.99 Å². The fraction of sp³-hybridized carbons (Fsp3) is 0.700. The summed E-state index contributed by atoms with van der Waals surface area (Å²) in [5, 5.41) is 8.39. The normalized spacial score (nSPS) is 12.8. The Morgan fingerprint density at radius 3 is 2.75 bits per heavy atom. The molecule has 88 valence electrons. The molecule has 0 saturated heterocycles. The topological polar surface area (TPSA) is 88.8 Å². The van der Waals surface area contributed by atoms with Crippen LogP contribution in [0.3, 0.4) is 0 Å². The van der Waals surface area contributed by atoms with Gasteiger partial charge in [0.05, 0.1) is 6.54 Å². The molecule has 2 unspecified atom stereocenters. The van der Waals surface area contributed by atoms with Gasteiger partial charge in [0.1, 0.15) is 6.61 Å². The van der Waals surface area contributed by atoms with Crippen LogP contribution in [0, 0.1) is 17.4 Å². The van der Waals surface area contributed by atoms with Crippen molar-refractivity contribution in [1.82, 2.24) is 0 Å². The van der Waals surface area contributed by atoms with Crippen molar-refractivity contribution in [3.8, 4) is 6.26 Å². The minimum Gasteiger partial charge on any atom is -0.461 e. The maximum atomic E-state index is 11.5. The van der Waals surface area contributed by atoms with Crippen molar-refractivity contribution >= 4 is 12.0 Å². The highest BCUT2D eigenvalue weighted by molar-refractivity contribution is 5.75. The van der Waals surface area contributed by atoms with Gasteiger partial charge >= 0.3 is 5.97 Å². The lowest BCUT2D eigenvalue weighted by atomic mass is 10.0. The second-order valence-corrected chi connectivity index (χ2v) is 3.16. The van der Waals surface area contributed by atoms with Crippen molar-refractivity contribution < 1.29 is 19.1 Å². The highest BCUT2D eigenvalue weighted by atomic mass is 16.6. The summed E-state index contributed by atoms with van der Waals surface area (Å²) in [4.78, 5) is 24.4. The Hall–Kier alpha value is -1.86. The van der Waals surface area contributed by atoms with Gasteiger partial charge in [-0.1, -0.05) is 13.8 Å². The number of hydrogen-bond acceptors (Lipinski definition) is 6. The van der Waals surface area contributed by atoms with Gasteiger partial charge in [-0.3, -0.25) is 0 Å². The number of nitrogens with zero attached hydrogens (tertiary/aromatic N) is 2. The number of esters is 1. The van der Waals surface area contributed by atoms with Crippen molar-refractivity contribution in [1.29, 1.82) is 5.26 Å². The minimum atomic E-state index is -0.893. The average Bonchev–Trinajstić information content (AvgIpc) is 2.30. The Morgan fingerprint density at radius 2 is 2.25 bits per heavy atom. The van der Waals surface area contributed by atoms with Crippen LogP contribution in [0.25, 0.3) is 0 Å². The third kappa shape index (κ3) is 5.13. The first-order valence-corrected chi connectivity index (χ1v) is 4.92. The molecule has 0 amide bonds. The quantitative estimate of drug-likeness (QED) is 0.210. The molecule has 6 heteroatoms. The van der Waals surface area contributed by atoms with Crippen LogP contribution >= 0.6 is 0 Å². The first-order valence-electron chi connectivity index (χ1n) is 4.92. The summed E-state index contributed by atoms with van der Waals surface area (Å²) < 4.78 is 9.43. The molecule has 0 heterocycles. The minimum absolute atomic E-state index is 0.0181. The van der Waals surface area contributed by atoms with Gasteiger partial charge in [-0.15, -0.1) is 0 Å². The smallest absolute Gasteiger partial charge is 0.348 e. The summed E-state index contributed by atoms with van der Waals surface area (Å²) in [6.07, 6.45) is 2.60. The molecule has 0 aromatic rings. The molecule has 0 aliphatic heterocycles. The number of carbonyl (C=O) groups is 1. The van der Waals surface area contributed by atoms with Crippen LogP contribution < -0.4 is 0 Å². The number of isocyanates is 1. The van der Waals surface area contributed by atoms with Gasteiger partial charge in [0, 0.05) is 5.92 Å². The molecule has 0 N–H and O–H groups in total. The third-order valence-corrected chi connectivity index (χ3v) is 2.08. The Morgan fingerprint density at radius 1 is 1.56 bits per heavy atom. The summed E-state index contributed by atoms with van der Waals surface area (Å²) in [7, 11) is 0. The summed E-state index contributed by atoms with van der Waals surface area (Å²) >= 11 is 0. The van der Waals surface area contributed by atoms with E-state index in [-0.39, 0.29) is 19.1 Å². The van der Waals surface area contributed by atoms with Gasteiger partial charge in [-0.25, -0.2) is 14.6 Å². The van der Waals surface area contributed by atoms with E-state index in [1.165, 1.54) is 12.3 Å². The van der Waals surface area contributed by atoms with Crippen LogP contribution in [0.2, 0.25) is 0 Å². The maximum absolute atomic E-state index is 11.5. The predicted molar refractivity (Wildman–Crippen MR) is 53.9 cm³/mol. The fourth-order valence-electron chi connectivity index (χ4n) is 0.987. The molecular weight excluding hydrogens is 212 g/mol. The standard InChI is InChI=1S/C10H14N2O4/c1-3-8(2)9(16-6-11)10(14)15-5-4-12-7-13/h8-9H,3-5H2,1-2H3. The number of carbonyl (C=O) groups excluding carboxylic acids is 2. The van der Waals surface area contributed by atoms with Crippen molar-refractivity contribution in [3.63, 3.8) is 0 Å². The van der Waals surface area contributed by atoms with Gasteiger partial charge in [-0.05, 0) is 6.42 Å². The van der Waals surface area contributed by atoms with Crippen molar-refractivity contribution in [2.24, 2.45) is 10.9 Å². The summed E-state index contributed by atoms with van der Waals surface area (Å²) in [6.45, 7) is 3.71. The molecule has 16 heavy (non-hydrogen) atoms. The highest BCUT2D eigenvalue weighted by Crippen LogP contribution is 2.12. The molecule has 0 bridgehead atoms. The van der Waals surface area contributed by atoms with E-state index in [4.69, 9.17) is 10.00 Å². The predicted octanol–water partition coefficient (Wildman–Crippen LogP) is 0.778. The Kier molecular flexibility index (Phi) is 7.47. The van der Waals surface area contributed by atoms with Crippen molar-refractivity contribution in [3.05, 3.63) is 0 Å². The molecule has 0 aromatic heterocycles. The Bertz CT molecular complexity index is 304. The van der Waals surface area contributed by atoms with Gasteiger partial charge in [-0.2, -0.15) is 5.26 Å². The number of rotatable bonds is 7. The lowest BCUT2D eigenvalue weighted by Crippen LogP contribution is -2.32. The lowest BCUT2D eigenvalue weighted by Gasteiger charge is -2.17. The molecule has 0 fully saturated rings. The molecule has 0 spiro atoms. The fourth-order valence-corrected chi connectivity index (χ4v) is 0.987. The molecule has 0 saturated carbocycles. The van der Waals surface area contributed by atoms with E-state index >= 15 is 0 Å². The van der Waals surface area contributed by atoms with E-state index in [1.54, 1.807) is 6.92 Å². The second kappa shape index (κ2) is 8.45. The van der Waals surface area contributed by atoms with Crippen LogP contribution in [0.1, 0.15) is 20.3 Å². The highest BCUT2D eigenvalue weighted by Gasteiger charge is 2.27. The van der Waals surface area contributed by atoms with E-state index in [9.17, 15) is 9.59 Å². The van der Waals surface area contributed by atoms with Crippen LogP contribution in [0.5, 0.6) is 0 Å². The molecule has 0 radical (unpaired) electrons.